The molecule has 2 aromatic rings. The number of ether oxygens (including phenoxy) is 3. The van der Waals surface area contributed by atoms with Crippen LogP contribution in [0.3, 0.4) is 0 Å². The highest BCUT2D eigenvalue weighted by atomic mass is 127. The summed E-state index contributed by atoms with van der Waals surface area (Å²) in [6, 6.07) is 11.8. The van der Waals surface area contributed by atoms with Crippen LogP contribution in [-0.2, 0) is 6.42 Å². The molecule has 0 saturated heterocycles. The van der Waals surface area contributed by atoms with Crippen molar-refractivity contribution in [3.05, 3.63) is 53.8 Å². The summed E-state index contributed by atoms with van der Waals surface area (Å²) in [6.45, 7) is 2.85. The van der Waals surface area contributed by atoms with Crippen LogP contribution >= 0.6 is 24.0 Å². The lowest BCUT2D eigenvalue weighted by Crippen LogP contribution is -2.34. The Kier molecular flexibility index (Phi) is 10.4. The van der Waals surface area contributed by atoms with Crippen molar-refractivity contribution in [1.29, 1.82) is 0 Å². The minimum atomic E-state index is -0.334. The molecule has 0 saturated carbocycles. The number of rotatable bonds is 9. The third-order valence-electron chi connectivity index (χ3n) is 3.82. The second kappa shape index (κ2) is 12.3. The Morgan fingerprint density at radius 3 is 2.57 bits per heavy atom. The van der Waals surface area contributed by atoms with Gasteiger partial charge in [0.05, 0.1) is 20.8 Å². The van der Waals surface area contributed by atoms with Crippen LogP contribution in [0.5, 0.6) is 17.2 Å². The van der Waals surface area contributed by atoms with E-state index in [1.165, 1.54) is 12.1 Å². The molecule has 1 unspecified atom stereocenters. The van der Waals surface area contributed by atoms with Crippen molar-refractivity contribution in [1.82, 2.24) is 5.32 Å². The minimum absolute atomic E-state index is 0. The van der Waals surface area contributed by atoms with E-state index in [0.717, 1.165) is 12.0 Å². The van der Waals surface area contributed by atoms with Crippen molar-refractivity contribution in [3.8, 4) is 17.2 Å². The Hall–Kier alpha value is -2.23. The molecule has 2 rings (SSSR count). The van der Waals surface area contributed by atoms with Gasteiger partial charge < -0.3 is 25.3 Å². The molecule has 0 aliphatic carbocycles. The zero-order valence-electron chi connectivity index (χ0n) is 16.3. The van der Waals surface area contributed by atoms with Crippen molar-refractivity contribution in [2.45, 2.75) is 19.4 Å². The predicted octanol–water partition coefficient (Wildman–Crippen LogP) is 3.38. The van der Waals surface area contributed by atoms with Crippen molar-refractivity contribution in [3.63, 3.8) is 0 Å². The molecular weight excluding hydrogens is 476 g/mol. The fourth-order valence-corrected chi connectivity index (χ4v) is 2.46. The highest BCUT2D eigenvalue weighted by Crippen LogP contribution is 2.27. The number of nitrogens with one attached hydrogen (secondary N) is 1. The van der Waals surface area contributed by atoms with Crippen LogP contribution in [0.25, 0.3) is 0 Å². The van der Waals surface area contributed by atoms with Gasteiger partial charge in [-0.05, 0) is 43.2 Å². The molecule has 8 heteroatoms. The highest BCUT2D eigenvalue weighted by Gasteiger charge is 2.06. The van der Waals surface area contributed by atoms with Crippen LogP contribution in [0, 0.1) is 5.82 Å². The number of methoxy groups -OCH3 is 2. The van der Waals surface area contributed by atoms with Gasteiger partial charge in [-0.3, -0.25) is 0 Å². The largest absolute Gasteiger partial charge is 0.493 e. The van der Waals surface area contributed by atoms with Crippen molar-refractivity contribution in [2.24, 2.45) is 10.7 Å². The number of aliphatic imine (C=N–C) groups is 1. The van der Waals surface area contributed by atoms with E-state index in [4.69, 9.17) is 19.9 Å². The fraction of sp³-hybridized carbons (Fsp3) is 0.350. The molecule has 6 nitrogen and oxygen atoms in total. The fourth-order valence-electron chi connectivity index (χ4n) is 2.46. The second-order valence-corrected chi connectivity index (χ2v) is 5.98. The number of nitrogens with zero attached hydrogens (tertiary/aromatic N) is 1. The van der Waals surface area contributed by atoms with Crippen LogP contribution in [0.2, 0.25) is 0 Å². The van der Waals surface area contributed by atoms with E-state index in [1.54, 1.807) is 26.4 Å². The lowest BCUT2D eigenvalue weighted by Gasteiger charge is -2.13. The third-order valence-corrected chi connectivity index (χ3v) is 3.82. The van der Waals surface area contributed by atoms with Crippen LogP contribution in [0.15, 0.2) is 47.5 Å². The SMILES string of the molecule is COc1ccc(CCNC(N)=NCC(C)Oc2cccc(F)c2)cc1OC.I. The monoisotopic (exact) mass is 503 g/mol. The zero-order valence-corrected chi connectivity index (χ0v) is 18.6. The third kappa shape index (κ3) is 7.79. The second-order valence-electron chi connectivity index (χ2n) is 5.98. The van der Waals surface area contributed by atoms with Gasteiger partial charge in [-0.25, -0.2) is 9.38 Å². The molecule has 0 fully saturated rings. The molecule has 154 valence electrons. The molecule has 2 aromatic carbocycles. The molecule has 0 bridgehead atoms. The smallest absolute Gasteiger partial charge is 0.188 e. The number of nitrogens with two attached hydrogens (primary N) is 1. The Bertz CT molecular complexity index is 774. The van der Waals surface area contributed by atoms with Crippen molar-refractivity contribution >= 4 is 29.9 Å². The Morgan fingerprint density at radius 2 is 1.89 bits per heavy atom. The Morgan fingerprint density at radius 1 is 1.14 bits per heavy atom. The van der Waals surface area contributed by atoms with Gasteiger partial charge >= 0.3 is 0 Å². The van der Waals surface area contributed by atoms with Gasteiger partial charge in [-0.15, -0.1) is 24.0 Å². The predicted molar refractivity (Wildman–Crippen MR) is 120 cm³/mol. The van der Waals surface area contributed by atoms with Crippen LogP contribution < -0.4 is 25.3 Å². The summed E-state index contributed by atoms with van der Waals surface area (Å²) in [4.78, 5) is 4.25. The molecule has 0 radical (unpaired) electrons. The zero-order chi connectivity index (χ0) is 19.6. The van der Waals surface area contributed by atoms with Gasteiger partial charge in [0, 0.05) is 12.6 Å². The molecule has 0 aliphatic rings. The minimum Gasteiger partial charge on any atom is -0.493 e. The molecule has 0 heterocycles. The Labute approximate surface area is 182 Å². The number of hydrogen-bond acceptors (Lipinski definition) is 4. The quantitative estimate of drug-likeness (QED) is 0.312. The number of halogens is 2. The van der Waals surface area contributed by atoms with Gasteiger partial charge in [0.2, 0.25) is 0 Å². The van der Waals surface area contributed by atoms with Crippen LogP contribution in [0.1, 0.15) is 12.5 Å². The first-order valence-corrected chi connectivity index (χ1v) is 8.68. The van der Waals surface area contributed by atoms with E-state index in [-0.39, 0.29) is 35.9 Å². The maximum Gasteiger partial charge on any atom is 0.188 e. The molecule has 3 N–H and O–H groups in total. The molecule has 0 amide bonds. The lowest BCUT2D eigenvalue weighted by molar-refractivity contribution is 0.229. The van der Waals surface area contributed by atoms with Gasteiger partial charge in [0.25, 0.3) is 0 Å². The summed E-state index contributed by atoms with van der Waals surface area (Å²) >= 11 is 0. The summed E-state index contributed by atoms with van der Waals surface area (Å²) in [7, 11) is 3.22. The van der Waals surface area contributed by atoms with Crippen LogP contribution in [-0.4, -0.2) is 39.4 Å². The van der Waals surface area contributed by atoms with Gasteiger partial charge in [-0.2, -0.15) is 0 Å². The van der Waals surface area contributed by atoms with E-state index in [0.29, 0.717) is 36.3 Å². The summed E-state index contributed by atoms with van der Waals surface area (Å²) in [6.07, 6.45) is 0.532. The summed E-state index contributed by atoms with van der Waals surface area (Å²) in [5.74, 6) is 1.87. The van der Waals surface area contributed by atoms with E-state index in [2.05, 4.69) is 10.3 Å². The molecule has 0 aliphatic heterocycles. The first kappa shape index (κ1) is 23.8. The standard InChI is InChI=1S/C20H26FN3O3.HI/c1-14(27-17-6-4-5-16(21)12-17)13-24-20(22)23-10-9-15-7-8-18(25-2)19(11-15)26-3;/h4-8,11-12,14H,9-10,13H2,1-3H3,(H3,22,23,24);1H. The number of guanidine groups is 1. The lowest BCUT2D eigenvalue weighted by atomic mass is 10.1. The van der Waals surface area contributed by atoms with E-state index >= 15 is 0 Å². The summed E-state index contributed by atoms with van der Waals surface area (Å²) in [5, 5.41) is 3.07. The maximum absolute atomic E-state index is 13.1. The normalized spacial score (nSPS) is 11.9. The average molecular weight is 503 g/mol. The molecule has 1 atom stereocenters. The molecule has 28 heavy (non-hydrogen) atoms. The first-order valence-electron chi connectivity index (χ1n) is 8.68. The van der Waals surface area contributed by atoms with E-state index in [9.17, 15) is 4.39 Å². The molecular formula is C20H27FIN3O3. The topological polar surface area (TPSA) is 78.1 Å². The summed E-state index contributed by atoms with van der Waals surface area (Å²) < 4.78 is 29.3. The van der Waals surface area contributed by atoms with Gasteiger partial charge in [0.15, 0.2) is 17.5 Å². The van der Waals surface area contributed by atoms with Crippen molar-refractivity contribution < 1.29 is 18.6 Å². The number of benzene rings is 2. The first-order chi connectivity index (χ1) is 13.0. The van der Waals surface area contributed by atoms with E-state index < -0.39 is 0 Å². The van der Waals surface area contributed by atoms with Crippen LogP contribution in [0.4, 0.5) is 4.39 Å². The van der Waals surface area contributed by atoms with E-state index in [1.807, 2.05) is 25.1 Å². The molecule has 0 spiro atoms. The van der Waals surface area contributed by atoms with Crippen molar-refractivity contribution in [2.75, 3.05) is 27.3 Å². The van der Waals surface area contributed by atoms with Gasteiger partial charge in [0.1, 0.15) is 17.7 Å². The van der Waals surface area contributed by atoms with Gasteiger partial charge in [-0.1, -0.05) is 12.1 Å². The maximum atomic E-state index is 13.1. The molecule has 0 aromatic heterocycles. The average Bonchev–Trinajstić information content (AvgIpc) is 2.66. The highest BCUT2D eigenvalue weighted by molar-refractivity contribution is 14.0. The Balaban J connectivity index is 0.00000392. The number of hydrogen-bond donors (Lipinski definition) is 2. The summed E-state index contributed by atoms with van der Waals surface area (Å²) in [5.41, 5.74) is 6.98.